The highest BCUT2D eigenvalue weighted by Crippen LogP contribution is 2.32. The Morgan fingerprint density at radius 3 is 2.52 bits per heavy atom. The van der Waals surface area contributed by atoms with Crippen LogP contribution in [-0.2, 0) is 11.3 Å². The molecule has 2 aliphatic rings. The maximum atomic E-state index is 15.6. The van der Waals surface area contributed by atoms with Crippen LogP contribution in [0.5, 0.6) is 0 Å². The lowest BCUT2D eigenvalue weighted by Crippen LogP contribution is -2.53. The summed E-state index contributed by atoms with van der Waals surface area (Å²) in [6.07, 6.45) is 3.52. The summed E-state index contributed by atoms with van der Waals surface area (Å²) in [5, 5.41) is 7.00. The van der Waals surface area contributed by atoms with Gasteiger partial charge in [-0.1, -0.05) is 0 Å². The van der Waals surface area contributed by atoms with Crippen LogP contribution in [0, 0.1) is 5.82 Å². The number of likely N-dealkylation sites (tertiary alicyclic amines) is 1. The average Bonchev–Trinajstić information content (AvgIpc) is 3.57. The molecule has 6 heterocycles. The number of nitrogens with zero attached hydrogens (tertiary/aromatic N) is 7. The number of aromatic nitrogens is 6. The van der Waals surface area contributed by atoms with Crippen molar-refractivity contribution in [2.75, 3.05) is 26.3 Å². The van der Waals surface area contributed by atoms with Gasteiger partial charge >= 0.3 is 12.1 Å². The molecule has 5 aromatic rings. The van der Waals surface area contributed by atoms with Gasteiger partial charge in [-0.2, -0.15) is 8.78 Å². The van der Waals surface area contributed by atoms with Crippen molar-refractivity contribution in [1.29, 1.82) is 0 Å². The molecular formula is C29H26F3N7O3. The van der Waals surface area contributed by atoms with Crippen LogP contribution in [0.2, 0.25) is 0 Å². The maximum Gasteiger partial charge on any atom is 0.329 e. The molecule has 2 fully saturated rings. The molecule has 4 aromatic heterocycles. The van der Waals surface area contributed by atoms with Crippen molar-refractivity contribution in [3.05, 3.63) is 82.9 Å². The summed E-state index contributed by atoms with van der Waals surface area (Å²) in [6.45, 7) is 3.11. The highest BCUT2D eigenvalue weighted by Gasteiger charge is 2.33. The molecule has 10 nitrogen and oxygen atoms in total. The summed E-state index contributed by atoms with van der Waals surface area (Å²) in [6, 6.07) is 10.1. The first kappa shape index (κ1) is 26.5. The standard InChI is InChI=1S/C29H26F3N7O3/c30-23-11-24-25(10-22(23)17-5-7-33-8-6-17)39(20-2-1-9-37(14-20)21-15-41-16-21)29(40)38(24)13-19-4-3-18(12-34-19)27-35-36-28(42-27)26(31)32/h3-8,10-12,20-21,26H,1-2,9,13-16H2. The number of ether oxygens (including phenoxy) is 1. The molecule has 216 valence electrons. The van der Waals surface area contributed by atoms with Crippen molar-refractivity contribution >= 4 is 11.0 Å². The molecule has 1 atom stereocenters. The van der Waals surface area contributed by atoms with E-state index in [9.17, 15) is 13.6 Å². The predicted molar refractivity (Wildman–Crippen MR) is 145 cm³/mol. The summed E-state index contributed by atoms with van der Waals surface area (Å²) < 4.78 is 55.0. The van der Waals surface area contributed by atoms with Gasteiger partial charge in [-0.05, 0) is 55.3 Å². The van der Waals surface area contributed by atoms with E-state index < -0.39 is 18.1 Å². The summed E-state index contributed by atoms with van der Waals surface area (Å²) in [5.74, 6) is -1.30. The molecule has 42 heavy (non-hydrogen) atoms. The molecule has 1 aromatic carbocycles. The summed E-state index contributed by atoms with van der Waals surface area (Å²) >= 11 is 0. The van der Waals surface area contributed by atoms with E-state index in [1.807, 2.05) is 0 Å². The Kier molecular flexibility index (Phi) is 6.82. The van der Waals surface area contributed by atoms with Crippen molar-refractivity contribution < 1.29 is 22.3 Å². The van der Waals surface area contributed by atoms with Crippen molar-refractivity contribution in [3.63, 3.8) is 0 Å². The van der Waals surface area contributed by atoms with Gasteiger partial charge in [0.2, 0.25) is 5.89 Å². The van der Waals surface area contributed by atoms with Gasteiger partial charge in [0.15, 0.2) is 0 Å². The normalized spacial score (nSPS) is 18.1. The van der Waals surface area contributed by atoms with Crippen LogP contribution in [0.1, 0.15) is 36.9 Å². The Labute approximate surface area is 237 Å². The molecule has 7 rings (SSSR count). The Morgan fingerprint density at radius 2 is 1.83 bits per heavy atom. The van der Waals surface area contributed by atoms with E-state index in [-0.39, 0.29) is 24.2 Å². The molecule has 0 radical (unpaired) electrons. The van der Waals surface area contributed by atoms with Gasteiger partial charge in [0.25, 0.3) is 5.89 Å². The van der Waals surface area contributed by atoms with Gasteiger partial charge in [-0.3, -0.25) is 24.0 Å². The second-order valence-corrected chi connectivity index (χ2v) is 10.6. The number of halogens is 3. The highest BCUT2D eigenvalue weighted by atomic mass is 19.3. The number of benzene rings is 1. The summed E-state index contributed by atoms with van der Waals surface area (Å²) in [5.41, 5.74) is 2.79. The minimum absolute atomic E-state index is 0.0790. The fraction of sp³-hybridized carbons (Fsp3) is 0.345. The quantitative estimate of drug-likeness (QED) is 0.279. The predicted octanol–water partition coefficient (Wildman–Crippen LogP) is 4.47. The fourth-order valence-corrected chi connectivity index (χ4v) is 5.76. The van der Waals surface area contributed by atoms with Crippen molar-refractivity contribution in [2.45, 2.75) is 37.9 Å². The molecule has 13 heteroatoms. The van der Waals surface area contributed by atoms with Crippen LogP contribution in [-0.4, -0.2) is 66.5 Å². The number of piperidine rings is 1. The zero-order chi connectivity index (χ0) is 28.8. The third kappa shape index (κ3) is 4.77. The molecule has 0 spiro atoms. The molecule has 0 amide bonds. The van der Waals surface area contributed by atoms with Crippen LogP contribution in [0.3, 0.4) is 0 Å². The molecule has 2 saturated heterocycles. The van der Waals surface area contributed by atoms with Crippen LogP contribution in [0.25, 0.3) is 33.6 Å². The number of hydrogen-bond acceptors (Lipinski definition) is 8. The third-order valence-electron chi connectivity index (χ3n) is 7.99. The van der Waals surface area contributed by atoms with Crippen LogP contribution in [0.4, 0.5) is 13.2 Å². The molecule has 0 aliphatic carbocycles. The van der Waals surface area contributed by atoms with Gasteiger partial charge in [-0.15, -0.1) is 10.2 Å². The van der Waals surface area contributed by atoms with E-state index in [1.165, 1.54) is 16.8 Å². The van der Waals surface area contributed by atoms with Crippen molar-refractivity contribution in [3.8, 4) is 22.6 Å². The van der Waals surface area contributed by atoms with Gasteiger partial charge in [0.05, 0.1) is 54.1 Å². The number of pyridine rings is 2. The summed E-state index contributed by atoms with van der Waals surface area (Å²) in [7, 11) is 0. The number of fused-ring (bicyclic) bond motifs is 1. The van der Waals surface area contributed by atoms with Crippen molar-refractivity contribution in [2.24, 2.45) is 0 Å². The maximum absolute atomic E-state index is 15.6. The Hall–Kier alpha value is -4.36. The number of alkyl halides is 2. The lowest BCUT2D eigenvalue weighted by Gasteiger charge is -2.42. The Balaban J connectivity index is 1.28. The first-order valence-electron chi connectivity index (χ1n) is 13.7. The second-order valence-electron chi connectivity index (χ2n) is 10.6. The Bertz CT molecular complexity index is 1780. The summed E-state index contributed by atoms with van der Waals surface area (Å²) in [4.78, 5) is 24.9. The van der Waals surface area contributed by atoms with Gasteiger partial charge in [0.1, 0.15) is 5.82 Å². The van der Waals surface area contributed by atoms with Gasteiger partial charge < -0.3 is 9.15 Å². The largest absolute Gasteiger partial charge is 0.415 e. The Morgan fingerprint density at radius 1 is 1.00 bits per heavy atom. The SMILES string of the molecule is O=c1n(Cc2ccc(-c3nnc(C(F)F)o3)cn2)c2cc(F)c(-c3ccncc3)cc2n1C1CCCN(C2COC2)C1. The molecule has 0 N–H and O–H groups in total. The molecule has 0 bridgehead atoms. The molecule has 2 aliphatic heterocycles. The lowest BCUT2D eigenvalue weighted by atomic mass is 10.0. The number of imidazole rings is 1. The first-order valence-corrected chi connectivity index (χ1v) is 13.7. The van der Waals surface area contributed by atoms with Gasteiger partial charge in [0, 0.05) is 36.8 Å². The first-order chi connectivity index (χ1) is 20.5. The minimum Gasteiger partial charge on any atom is -0.415 e. The zero-order valence-electron chi connectivity index (χ0n) is 22.4. The molecular weight excluding hydrogens is 551 g/mol. The minimum atomic E-state index is -2.87. The van der Waals surface area contributed by atoms with Crippen LogP contribution >= 0.6 is 0 Å². The lowest BCUT2D eigenvalue weighted by molar-refractivity contribution is -0.0751. The molecule has 0 saturated carbocycles. The average molecular weight is 578 g/mol. The van der Waals surface area contributed by atoms with E-state index in [1.54, 1.807) is 47.3 Å². The van der Waals surface area contributed by atoms with E-state index in [0.29, 0.717) is 59.2 Å². The van der Waals surface area contributed by atoms with Gasteiger partial charge in [-0.25, -0.2) is 9.18 Å². The highest BCUT2D eigenvalue weighted by molar-refractivity contribution is 5.83. The van der Waals surface area contributed by atoms with E-state index in [0.717, 1.165) is 19.4 Å². The van der Waals surface area contributed by atoms with Crippen LogP contribution < -0.4 is 5.69 Å². The second kappa shape index (κ2) is 10.8. The number of hydrogen-bond donors (Lipinski definition) is 0. The van der Waals surface area contributed by atoms with Crippen LogP contribution in [0.15, 0.2) is 64.2 Å². The molecule has 1 unspecified atom stereocenters. The third-order valence-corrected chi connectivity index (χ3v) is 7.99. The topological polar surface area (TPSA) is 104 Å². The fourth-order valence-electron chi connectivity index (χ4n) is 5.76. The monoisotopic (exact) mass is 577 g/mol. The smallest absolute Gasteiger partial charge is 0.329 e. The van der Waals surface area contributed by atoms with E-state index in [4.69, 9.17) is 9.15 Å². The van der Waals surface area contributed by atoms with E-state index in [2.05, 4.69) is 25.1 Å². The zero-order valence-corrected chi connectivity index (χ0v) is 22.4. The number of rotatable bonds is 7. The van der Waals surface area contributed by atoms with Crippen molar-refractivity contribution in [1.82, 2.24) is 34.2 Å². The van der Waals surface area contributed by atoms with E-state index >= 15 is 4.39 Å².